The molecule has 1 saturated carbocycles. The number of carboxylic acids is 1. The Hall–Kier alpha value is -4.56. The molecule has 0 saturated heterocycles. The highest BCUT2D eigenvalue weighted by atomic mass is 19.1. The number of hydrogen-bond acceptors (Lipinski definition) is 5. The molecule has 4 aromatic rings. The highest BCUT2D eigenvalue weighted by molar-refractivity contribution is 6.11. The smallest absolute Gasteiger partial charge is 0.328 e. The average Bonchev–Trinajstić information content (AvgIpc) is 3.52. The van der Waals surface area contributed by atoms with Crippen molar-refractivity contribution in [3.05, 3.63) is 129 Å². The van der Waals surface area contributed by atoms with Crippen LogP contribution in [0, 0.1) is 11.7 Å². The van der Waals surface area contributed by atoms with Crippen molar-refractivity contribution in [1.29, 1.82) is 0 Å². The summed E-state index contributed by atoms with van der Waals surface area (Å²) >= 11 is 0. The van der Waals surface area contributed by atoms with Crippen molar-refractivity contribution in [3.63, 3.8) is 0 Å². The quantitative estimate of drug-likeness (QED) is 0.236. The van der Waals surface area contributed by atoms with Crippen LogP contribution in [-0.2, 0) is 16.8 Å². The third-order valence-electron chi connectivity index (χ3n) is 8.03. The van der Waals surface area contributed by atoms with E-state index < -0.39 is 28.7 Å². The molecule has 41 heavy (non-hydrogen) atoms. The van der Waals surface area contributed by atoms with E-state index in [-0.39, 0.29) is 22.9 Å². The molecule has 1 atom stereocenters. The number of carboxylic acid groups (broad SMARTS) is 1. The fourth-order valence-electron chi connectivity index (χ4n) is 5.90. The predicted molar refractivity (Wildman–Crippen MR) is 156 cm³/mol. The molecule has 0 unspecified atom stereocenters. The highest BCUT2D eigenvalue weighted by Gasteiger charge is 2.47. The Morgan fingerprint density at radius 2 is 1.59 bits per heavy atom. The summed E-state index contributed by atoms with van der Waals surface area (Å²) in [6.07, 6.45) is 4.34. The Morgan fingerprint density at radius 3 is 2.22 bits per heavy atom. The van der Waals surface area contributed by atoms with E-state index in [1.54, 1.807) is 12.1 Å². The van der Waals surface area contributed by atoms with Gasteiger partial charge in [-0.05, 0) is 78.8 Å². The van der Waals surface area contributed by atoms with Crippen LogP contribution in [0.5, 0.6) is 0 Å². The van der Waals surface area contributed by atoms with Gasteiger partial charge in [-0.15, -0.1) is 0 Å². The summed E-state index contributed by atoms with van der Waals surface area (Å²) in [5.41, 5.74) is 7.36. The van der Waals surface area contributed by atoms with Gasteiger partial charge in [0.05, 0.1) is 11.3 Å². The minimum Gasteiger partial charge on any atom is -0.480 e. The van der Waals surface area contributed by atoms with Crippen molar-refractivity contribution >= 4 is 17.6 Å². The molecule has 1 aromatic heterocycles. The van der Waals surface area contributed by atoms with Gasteiger partial charge in [-0.1, -0.05) is 55.3 Å². The van der Waals surface area contributed by atoms with Gasteiger partial charge in [0.2, 0.25) is 0 Å². The van der Waals surface area contributed by atoms with Crippen LogP contribution in [0.1, 0.15) is 52.7 Å². The maximum absolute atomic E-state index is 13.3. The third kappa shape index (κ3) is 5.56. The fourth-order valence-corrected chi connectivity index (χ4v) is 5.90. The first-order valence-electron chi connectivity index (χ1n) is 13.8. The van der Waals surface area contributed by atoms with E-state index in [9.17, 15) is 23.9 Å². The van der Waals surface area contributed by atoms with Gasteiger partial charge in [-0.25, -0.2) is 9.18 Å². The molecule has 1 aliphatic carbocycles. The van der Waals surface area contributed by atoms with E-state index in [4.69, 9.17) is 5.73 Å². The van der Waals surface area contributed by atoms with E-state index in [0.717, 1.165) is 36.8 Å². The van der Waals surface area contributed by atoms with Gasteiger partial charge in [0, 0.05) is 18.2 Å². The van der Waals surface area contributed by atoms with E-state index in [1.807, 2.05) is 42.5 Å². The van der Waals surface area contributed by atoms with Crippen LogP contribution in [-0.4, -0.2) is 28.0 Å². The summed E-state index contributed by atoms with van der Waals surface area (Å²) in [5.74, 6) is -1.74. The van der Waals surface area contributed by atoms with E-state index in [1.165, 1.54) is 41.0 Å². The molecule has 0 bridgehead atoms. The Balaban J connectivity index is 1.35. The van der Waals surface area contributed by atoms with Crippen LogP contribution in [0.25, 0.3) is 5.69 Å². The molecular formula is C33H32FN3O4. The largest absolute Gasteiger partial charge is 0.480 e. The highest BCUT2D eigenvalue weighted by Crippen LogP contribution is 2.41. The monoisotopic (exact) mass is 553 g/mol. The Kier molecular flexibility index (Phi) is 8.12. The van der Waals surface area contributed by atoms with Gasteiger partial charge in [0.25, 0.3) is 5.56 Å². The van der Waals surface area contributed by atoms with Crippen LogP contribution in [0.4, 0.5) is 10.2 Å². The number of carbonyl (C=O) groups excluding carboxylic acids is 1. The van der Waals surface area contributed by atoms with Gasteiger partial charge in [0.1, 0.15) is 17.2 Å². The lowest BCUT2D eigenvalue weighted by atomic mass is 9.76. The molecule has 1 heterocycles. The first-order chi connectivity index (χ1) is 19.8. The van der Waals surface area contributed by atoms with Crippen LogP contribution in [0.3, 0.4) is 0 Å². The second-order valence-corrected chi connectivity index (χ2v) is 10.4. The zero-order valence-electron chi connectivity index (χ0n) is 22.6. The Bertz CT molecular complexity index is 1590. The lowest BCUT2D eigenvalue weighted by Gasteiger charge is -2.37. The molecule has 3 aromatic carbocycles. The van der Waals surface area contributed by atoms with Crippen molar-refractivity contribution in [2.75, 3.05) is 12.3 Å². The molecule has 5 rings (SSSR count). The molecular weight excluding hydrogens is 521 g/mol. The SMILES string of the molecule is Nc1c(C(=O)c2ccc(F)cc2)ccc(=O)n1-c1ccc(CCN[C@](C(=O)O)(c2ccccc2)C2CCCC2)cc1. The number of aliphatic carboxylic acids is 1. The first kappa shape index (κ1) is 28.0. The lowest BCUT2D eigenvalue weighted by molar-refractivity contribution is -0.148. The second kappa shape index (κ2) is 11.9. The van der Waals surface area contributed by atoms with Crippen molar-refractivity contribution in [1.82, 2.24) is 9.88 Å². The van der Waals surface area contributed by atoms with Gasteiger partial charge >= 0.3 is 5.97 Å². The Labute approximate surface area is 237 Å². The average molecular weight is 554 g/mol. The first-order valence-corrected chi connectivity index (χ1v) is 13.8. The summed E-state index contributed by atoms with van der Waals surface area (Å²) in [6, 6.07) is 24.4. The molecule has 0 aliphatic heterocycles. The number of rotatable bonds is 10. The molecule has 1 fully saturated rings. The molecule has 0 radical (unpaired) electrons. The summed E-state index contributed by atoms with van der Waals surface area (Å²) in [4.78, 5) is 38.5. The Morgan fingerprint density at radius 1 is 0.927 bits per heavy atom. The number of anilines is 1. The summed E-state index contributed by atoms with van der Waals surface area (Å²) < 4.78 is 14.6. The molecule has 0 amide bonds. The number of nitrogen functional groups attached to an aromatic ring is 1. The van der Waals surface area contributed by atoms with Gasteiger partial charge < -0.3 is 10.8 Å². The molecule has 1 aliphatic rings. The lowest BCUT2D eigenvalue weighted by Crippen LogP contribution is -2.54. The maximum atomic E-state index is 13.3. The second-order valence-electron chi connectivity index (χ2n) is 10.4. The number of nitrogens with two attached hydrogens (primary N) is 1. The van der Waals surface area contributed by atoms with Crippen LogP contribution >= 0.6 is 0 Å². The minimum atomic E-state index is -1.16. The maximum Gasteiger partial charge on any atom is 0.328 e. The zero-order valence-corrected chi connectivity index (χ0v) is 22.6. The number of carbonyl (C=O) groups is 2. The van der Waals surface area contributed by atoms with Gasteiger partial charge in [-0.3, -0.25) is 19.5 Å². The summed E-state index contributed by atoms with van der Waals surface area (Å²) in [5, 5.41) is 13.9. The standard InChI is InChI=1S/C33H32FN3O4/c34-26-14-12-23(13-15-26)30(39)28-18-19-29(38)37(31(28)35)27-16-10-22(11-17-27)20-21-36-33(32(40)41,25-8-4-5-9-25)24-6-2-1-3-7-24/h1-3,6-7,10-19,25,36H,4-5,8-9,20-21,35H2,(H,40,41)/t33-/m1/s1. The fraction of sp³-hybridized carbons (Fsp3) is 0.242. The van der Waals surface area contributed by atoms with Crippen LogP contribution in [0.15, 0.2) is 95.8 Å². The number of benzene rings is 3. The summed E-state index contributed by atoms with van der Waals surface area (Å²) in [6.45, 7) is 0.445. The van der Waals surface area contributed by atoms with Crippen LogP contribution in [0.2, 0.25) is 0 Å². The molecule has 8 heteroatoms. The number of halogens is 1. The van der Waals surface area contributed by atoms with E-state index in [2.05, 4.69) is 5.32 Å². The predicted octanol–water partition coefficient (Wildman–Crippen LogP) is 5.09. The van der Waals surface area contributed by atoms with E-state index in [0.29, 0.717) is 18.7 Å². The number of nitrogens with zero attached hydrogens (tertiary/aromatic N) is 1. The zero-order chi connectivity index (χ0) is 29.0. The molecule has 210 valence electrons. The van der Waals surface area contributed by atoms with E-state index >= 15 is 0 Å². The molecule has 0 spiro atoms. The summed E-state index contributed by atoms with van der Waals surface area (Å²) in [7, 11) is 0. The topological polar surface area (TPSA) is 114 Å². The van der Waals surface area contributed by atoms with Crippen LogP contribution < -0.4 is 16.6 Å². The van der Waals surface area contributed by atoms with Crippen molar-refractivity contribution in [2.24, 2.45) is 5.92 Å². The molecule has 4 N–H and O–H groups in total. The number of pyridine rings is 1. The number of ketones is 1. The van der Waals surface area contributed by atoms with Gasteiger partial charge in [-0.2, -0.15) is 0 Å². The van der Waals surface area contributed by atoms with Crippen molar-refractivity contribution < 1.29 is 19.1 Å². The third-order valence-corrected chi connectivity index (χ3v) is 8.03. The van der Waals surface area contributed by atoms with Crippen molar-refractivity contribution in [2.45, 2.75) is 37.6 Å². The molecule has 7 nitrogen and oxygen atoms in total. The van der Waals surface area contributed by atoms with Gasteiger partial charge in [0.15, 0.2) is 5.78 Å². The number of aromatic nitrogens is 1. The number of nitrogens with one attached hydrogen (secondary N) is 1. The minimum absolute atomic E-state index is 0.00419. The van der Waals surface area contributed by atoms with Crippen molar-refractivity contribution in [3.8, 4) is 5.69 Å². The normalized spacial score (nSPS) is 15.0. The number of hydrogen-bond donors (Lipinski definition) is 3.